The third-order valence-corrected chi connectivity index (χ3v) is 6.03. The van der Waals surface area contributed by atoms with Gasteiger partial charge < -0.3 is 20.3 Å². The predicted molar refractivity (Wildman–Crippen MR) is 133 cm³/mol. The van der Waals surface area contributed by atoms with Crippen molar-refractivity contribution < 1.29 is 9.53 Å². The normalized spacial score (nSPS) is 19.9. The zero-order valence-corrected chi connectivity index (χ0v) is 20.9. The van der Waals surface area contributed by atoms with Crippen LogP contribution in [-0.2, 0) is 11.3 Å². The van der Waals surface area contributed by atoms with Crippen LogP contribution in [0.2, 0.25) is 0 Å². The van der Waals surface area contributed by atoms with Crippen molar-refractivity contribution in [3.05, 3.63) is 29.3 Å². The minimum atomic E-state index is 0. The van der Waals surface area contributed by atoms with Crippen LogP contribution < -0.4 is 15.4 Å². The van der Waals surface area contributed by atoms with E-state index in [0.29, 0.717) is 12.5 Å². The van der Waals surface area contributed by atoms with Gasteiger partial charge in [-0.1, -0.05) is 31.4 Å². The van der Waals surface area contributed by atoms with E-state index >= 15 is 0 Å². The fourth-order valence-electron chi connectivity index (χ4n) is 4.33. The van der Waals surface area contributed by atoms with Gasteiger partial charge in [-0.2, -0.15) is 0 Å². The Morgan fingerprint density at radius 3 is 2.70 bits per heavy atom. The number of halogens is 1. The van der Waals surface area contributed by atoms with Crippen molar-refractivity contribution in [2.75, 3.05) is 26.7 Å². The van der Waals surface area contributed by atoms with Crippen LogP contribution >= 0.6 is 24.0 Å². The highest BCUT2D eigenvalue weighted by molar-refractivity contribution is 14.0. The van der Waals surface area contributed by atoms with Crippen LogP contribution in [0.4, 0.5) is 0 Å². The molecule has 1 amide bonds. The maximum atomic E-state index is 12.8. The monoisotopic (exact) mass is 528 g/mol. The van der Waals surface area contributed by atoms with E-state index in [1.165, 1.54) is 19.3 Å². The van der Waals surface area contributed by atoms with E-state index in [1.54, 1.807) is 7.11 Å². The fourth-order valence-corrected chi connectivity index (χ4v) is 4.33. The largest absolute Gasteiger partial charge is 0.496 e. The predicted octanol–water partition coefficient (Wildman–Crippen LogP) is 3.86. The molecule has 30 heavy (non-hydrogen) atoms. The van der Waals surface area contributed by atoms with Gasteiger partial charge >= 0.3 is 0 Å². The Labute approximate surface area is 198 Å². The van der Waals surface area contributed by atoms with Crippen LogP contribution in [0.25, 0.3) is 0 Å². The first-order chi connectivity index (χ1) is 14.1. The molecule has 1 heterocycles. The molecular formula is C23H37IN4O2. The van der Waals surface area contributed by atoms with Crippen molar-refractivity contribution in [1.29, 1.82) is 0 Å². The zero-order chi connectivity index (χ0) is 20.6. The first kappa shape index (κ1) is 24.8. The van der Waals surface area contributed by atoms with Crippen LogP contribution in [0.5, 0.6) is 5.75 Å². The fraction of sp³-hybridized carbons (Fsp3) is 0.652. The van der Waals surface area contributed by atoms with E-state index < -0.39 is 0 Å². The lowest BCUT2D eigenvalue weighted by molar-refractivity contribution is -0.135. The summed E-state index contributed by atoms with van der Waals surface area (Å²) >= 11 is 0. The van der Waals surface area contributed by atoms with E-state index in [4.69, 9.17) is 9.73 Å². The summed E-state index contributed by atoms with van der Waals surface area (Å²) in [6.45, 7) is 7.13. The summed E-state index contributed by atoms with van der Waals surface area (Å²) in [6.07, 6.45) is 6.79. The van der Waals surface area contributed by atoms with Gasteiger partial charge in [0.1, 0.15) is 5.75 Å². The molecule has 168 valence electrons. The van der Waals surface area contributed by atoms with E-state index in [0.717, 1.165) is 61.7 Å². The number of hydrogen-bond donors (Lipinski definition) is 2. The van der Waals surface area contributed by atoms with Crippen molar-refractivity contribution >= 4 is 35.8 Å². The maximum Gasteiger partial charge on any atom is 0.225 e. The van der Waals surface area contributed by atoms with Gasteiger partial charge in [0, 0.05) is 31.6 Å². The molecule has 0 aromatic heterocycles. The summed E-state index contributed by atoms with van der Waals surface area (Å²) in [6, 6.07) is 6.46. The summed E-state index contributed by atoms with van der Waals surface area (Å²) in [7, 11) is 1.70. The number of methoxy groups -OCH3 is 1. The minimum Gasteiger partial charge on any atom is -0.496 e. The molecular weight excluding hydrogens is 491 g/mol. The van der Waals surface area contributed by atoms with Crippen LogP contribution in [0.1, 0.15) is 56.6 Å². The number of aryl methyl sites for hydroxylation is 1. The first-order valence-corrected chi connectivity index (χ1v) is 11.1. The molecule has 1 atom stereocenters. The number of aliphatic imine (C=N–C) groups is 1. The number of benzene rings is 1. The minimum absolute atomic E-state index is 0. The van der Waals surface area contributed by atoms with Gasteiger partial charge in [0.25, 0.3) is 0 Å². The number of carbonyl (C=O) groups is 1. The zero-order valence-electron chi connectivity index (χ0n) is 18.6. The molecule has 3 rings (SSSR count). The van der Waals surface area contributed by atoms with E-state index in [-0.39, 0.29) is 35.9 Å². The van der Waals surface area contributed by atoms with Gasteiger partial charge in [-0.05, 0) is 50.3 Å². The molecule has 1 aromatic carbocycles. The van der Waals surface area contributed by atoms with Gasteiger partial charge in [-0.25, -0.2) is 4.99 Å². The highest BCUT2D eigenvalue weighted by Crippen LogP contribution is 2.26. The van der Waals surface area contributed by atoms with Crippen LogP contribution in [-0.4, -0.2) is 49.6 Å². The molecule has 0 radical (unpaired) electrons. The Hall–Kier alpha value is -1.51. The van der Waals surface area contributed by atoms with Gasteiger partial charge in [0.05, 0.1) is 13.7 Å². The Kier molecular flexibility index (Phi) is 10.2. The highest BCUT2D eigenvalue weighted by Gasteiger charge is 2.31. The van der Waals surface area contributed by atoms with Crippen molar-refractivity contribution in [3.8, 4) is 5.75 Å². The molecule has 1 unspecified atom stereocenters. The molecule has 7 heteroatoms. The maximum absolute atomic E-state index is 12.8. The quantitative estimate of drug-likeness (QED) is 0.335. The van der Waals surface area contributed by atoms with Gasteiger partial charge in [0.15, 0.2) is 5.96 Å². The third-order valence-electron chi connectivity index (χ3n) is 6.03. The van der Waals surface area contributed by atoms with E-state index in [2.05, 4.69) is 34.6 Å². The number of nitrogens with zero attached hydrogens (tertiary/aromatic N) is 2. The SMILES string of the molecule is CCNC(=NCc1ccc(C)c(OC)c1)NC1CCN(C(=O)C2CCCCC2)C1.I. The molecule has 1 saturated carbocycles. The number of amides is 1. The van der Waals surface area contributed by atoms with Crippen molar-refractivity contribution in [2.45, 2.75) is 65.0 Å². The second-order valence-corrected chi connectivity index (χ2v) is 8.25. The second kappa shape index (κ2) is 12.4. The number of hydrogen-bond acceptors (Lipinski definition) is 3. The summed E-state index contributed by atoms with van der Waals surface area (Å²) in [5, 5.41) is 6.86. The third kappa shape index (κ3) is 6.75. The van der Waals surface area contributed by atoms with Crippen LogP contribution in [0, 0.1) is 12.8 Å². The molecule has 1 aromatic rings. The molecule has 1 saturated heterocycles. The summed E-state index contributed by atoms with van der Waals surface area (Å²) in [5.74, 6) is 2.32. The molecule has 2 aliphatic rings. The number of carbonyl (C=O) groups excluding carboxylic acids is 1. The molecule has 2 fully saturated rings. The Balaban J connectivity index is 0.00000320. The number of ether oxygens (including phenoxy) is 1. The van der Waals surface area contributed by atoms with Gasteiger partial charge in [0.2, 0.25) is 5.91 Å². The second-order valence-electron chi connectivity index (χ2n) is 8.25. The topological polar surface area (TPSA) is 66.0 Å². The van der Waals surface area contributed by atoms with Crippen molar-refractivity contribution in [2.24, 2.45) is 10.9 Å². The number of likely N-dealkylation sites (tertiary alicyclic amines) is 1. The molecule has 0 spiro atoms. The standard InChI is InChI=1S/C23H36N4O2.HI/c1-4-24-23(25-15-18-11-10-17(2)21(14-18)29-3)26-20-12-13-27(16-20)22(28)19-8-6-5-7-9-19;/h10-11,14,19-20H,4-9,12-13,15-16H2,1-3H3,(H2,24,25,26);1H. The summed E-state index contributed by atoms with van der Waals surface area (Å²) < 4.78 is 5.41. The van der Waals surface area contributed by atoms with Crippen molar-refractivity contribution in [1.82, 2.24) is 15.5 Å². The lowest BCUT2D eigenvalue weighted by Gasteiger charge is -2.26. The molecule has 0 bridgehead atoms. The number of nitrogens with one attached hydrogen (secondary N) is 2. The summed E-state index contributed by atoms with van der Waals surface area (Å²) in [4.78, 5) is 19.6. The lowest BCUT2D eigenvalue weighted by atomic mass is 9.88. The first-order valence-electron chi connectivity index (χ1n) is 11.1. The van der Waals surface area contributed by atoms with Crippen molar-refractivity contribution in [3.63, 3.8) is 0 Å². The number of rotatable bonds is 6. The molecule has 1 aliphatic carbocycles. The lowest BCUT2D eigenvalue weighted by Crippen LogP contribution is -2.45. The van der Waals surface area contributed by atoms with Gasteiger partial charge in [-0.15, -0.1) is 24.0 Å². The average Bonchev–Trinajstić information content (AvgIpc) is 3.21. The Morgan fingerprint density at radius 2 is 2.00 bits per heavy atom. The van der Waals surface area contributed by atoms with Gasteiger partial charge in [-0.3, -0.25) is 4.79 Å². The van der Waals surface area contributed by atoms with E-state index in [1.807, 2.05) is 13.0 Å². The average molecular weight is 528 g/mol. The van der Waals surface area contributed by atoms with Crippen LogP contribution in [0.15, 0.2) is 23.2 Å². The molecule has 6 nitrogen and oxygen atoms in total. The van der Waals surface area contributed by atoms with Crippen LogP contribution in [0.3, 0.4) is 0 Å². The summed E-state index contributed by atoms with van der Waals surface area (Å²) in [5.41, 5.74) is 2.24. The Morgan fingerprint density at radius 1 is 1.23 bits per heavy atom. The highest BCUT2D eigenvalue weighted by atomic mass is 127. The Bertz CT molecular complexity index is 719. The van der Waals surface area contributed by atoms with E-state index in [9.17, 15) is 4.79 Å². The number of guanidine groups is 1. The molecule has 2 N–H and O–H groups in total. The molecule has 1 aliphatic heterocycles. The smallest absolute Gasteiger partial charge is 0.225 e.